The van der Waals surface area contributed by atoms with Gasteiger partial charge in [0.1, 0.15) is 11.9 Å². The summed E-state index contributed by atoms with van der Waals surface area (Å²) in [6.45, 7) is 2.17. The molecule has 3 heteroatoms. The molecule has 1 aromatic carbocycles. The molecule has 0 fully saturated rings. The number of fused-ring (bicyclic) bond motifs is 1. The standard InChI is InChI=1S/C10H12FNO/c1-6(11)9-5-12-10-3-2-7(13)4-8(9)10/h2-4,6,9,12-13H,5H2,1H3. The van der Waals surface area contributed by atoms with Crippen molar-refractivity contribution in [3.63, 3.8) is 0 Å². The number of hydrogen-bond acceptors (Lipinski definition) is 2. The van der Waals surface area contributed by atoms with Crippen molar-refractivity contribution in [3.8, 4) is 5.75 Å². The van der Waals surface area contributed by atoms with Gasteiger partial charge in [0.25, 0.3) is 0 Å². The van der Waals surface area contributed by atoms with E-state index < -0.39 is 6.17 Å². The minimum Gasteiger partial charge on any atom is -0.508 e. The zero-order valence-electron chi connectivity index (χ0n) is 7.42. The van der Waals surface area contributed by atoms with Crippen LogP contribution in [0, 0.1) is 0 Å². The van der Waals surface area contributed by atoms with Gasteiger partial charge in [0.05, 0.1) is 0 Å². The molecule has 2 rings (SSSR count). The van der Waals surface area contributed by atoms with Gasteiger partial charge in [-0.25, -0.2) is 4.39 Å². The van der Waals surface area contributed by atoms with Crippen LogP contribution >= 0.6 is 0 Å². The van der Waals surface area contributed by atoms with E-state index in [2.05, 4.69) is 5.32 Å². The zero-order chi connectivity index (χ0) is 9.42. The van der Waals surface area contributed by atoms with Crippen LogP contribution in [0.4, 0.5) is 10.1 Å². The van der Waals surface area contributed by atoms with E-state index in [9.17, 15) is 9.50 Å². The topological polar surface area (TPSA) is 32.3 Å². The number of anilines is 1. The van der Waals surface area contributed by atoms with Crippen LogP contribution in [0.5, 0.6) is 5.75 Å². The fourth-order valence-corrected chi connectivity index (χ4v) is 1.76. The van der Waals surface area contributed by atoms with E-state index in [4.69, 9.17) is 0 Å². The molecule has 13 heavy (non-hydrogen) atoms. The first-order chi connectivity index (χ1) is 6.18. The molecule has 2 nitrogen and oxygen atoms in total. The largest absolute Gasteiger partial charge is 0.508 e. The fraction of sp³-hybridized carbons (Fsp3) is 0.400. The zero-order valence-corrected chi connectivity index (χ0v) is 7.42. The molecule has 0 amide bonds. The second-order valence-electron chi connectivity index (χ2n) is 3.44. The highest BCUT2D eigenvalue weighted by molar-refractivity contribution is 5.60. The molecule has 0 aliphatic carbocycles. The second kappa shape index (κ2) is 2.91. The summed E-state index contributed by atoms with van der Waals surface area (Å²) in [6.07, 6.45) is -0.879. The SMILES string of the molecule is CC(F)C1CNc2ccc(O)cc21. The number of phenols is 1. The van der Waals surface area contributed by atoms with E-state index >= 15 is 0 Å². The molecule has 2 unspecified atom stereocenters. The quantitative estimate of drug-likeness (QED) is 0.651. The van der Waals surface area contributed by atoms with Crippen molar-refractivity contribution in [3.05, 3.63) is 23.8 Å². The number of phenolic OH excluding ortho intramolecular Hbond substituents is 1. The first kappa shape index (κ1) is 8.35. The Morgan fingerprint density at radius 2 is 2.38 bits per heavy atom. The Bertz CT molecular complexity index is 325. The molecule has 2 atom stereocenters. The molecule has 0 radical (unpaired) electrons. The van der Waals surface area contributed by atoms with Gasteiger partial charge in [-0.3, -0.25) is 0 Å². The summed E-state index contributed by atoms with van der Waals surface area (Å²) in [4.78, 5) is 0. The Morgan fingerprint density at radius 1 is 1.62 bits per heavy atom. The third kappa shape index (κ3) is 1.34. The first-order valence-corrected chi connectivity index (χ1v) is 4.39. The van der Waals surface area contributed by atoms with Crippen LogP contribution in [-0.4, -0.2) is 17.8 Å². The molecular formula is C10H12FNO. The molecule has 1 heterocycles. The van der Waals surface area contributed by atoms with Crippen LogP contribution in [0.2, 0.25) is 0 Å². The summed E-state index contributed by atoms with van der Waals surface area (Å²) in [5.41, 5.74) is 1.82. The van der Waals surface area contributed by atoms with Gasteiger partial charge >= 0.3 is 0 Å². The summed E-state index contributed by atoms with van der Waals surface area (Å²) in [6, 6.07) is 5.03. The van der Waals surface area contributed by atoms with Gasteiger partial charge in [-0.15, -0.1) is 0 Å². The van der Waals surface area contributed by atoms with Gasteiger partial charge in [-0.05, 0) is 30.7 Å². The Morgan fingerprint density at radius 3 is 3.08 bits per heavy atom. The average Bonchev–Trinajstić information content (AvgIpc) is 2.46. The lowest BCUT2D eigenvalue weighted by Crippen LogP contribution is -2.12. The van der Waals surface area contributed by atoms with Gasteiger partial charge < -0.3 is 10.4 Å². The summed E-state index contributed by atoms with van der Waals surface area (Å²) >= 11 is 0. The maximum Gasteiger partial charge on any atom is 0.116 e. The molecule has 0 aromatic heterocycles. The van der Waals surface area contributed by atoms with E-state index in [1.807, 2.05) is 0 Å². The van der Waals surface area contributed by atoms with Crippen LogP contribution in [0.3, 0.4) is 0 Å². The predicted octanol–water partition coefficient (Wildman–Crippen LogP) is 2.26. The normalized spacial score (nSPS) is 22.2. The van der Waals surface area contributed by atoms with Crippen LogP contribution in [0.25, 0.3) is 0 Å². The molecule has 1 aliphatic rings. The van der Waals surface area contributed by atoms with Crippen molar-refractivity contribution >= 4 is 5.69 Å². The number of nitrogens with one attached hydrogen (secondary N) is 1. The summed E-state index contributed by atoms with van der Waals surface area (Å²) < 4.78 is 13.1. The van der Waals surface area contributed by atoms with E-state index in [0.29, 0.717) is 6.54 Å². The fourth-order valence-electron chi connectivity index (χ4n) is 1.76. The van der Waals surface area contributed by atoms with Crippen molar-refractivity contribution in [2.45, 2.75) is 19.0 Å². The Hall–Kier alpha value is -1.25. The molecule has 0 saturated heterocycles. The number of aromatic hydroxyl groups is 1. The number of rotatable bonds is 1. The molecule has 0 bridgehead atoms. The van der Waals surface area contributed by atoms with Crippen LogP contribution in [0.15, 0.2) is 18.2 Å². The lowest BCUT2D eigenvalue weighted by atomic mass is 9.97. The van der Waals surface area contributed by atoms with Gasteiger partial charge in [0.2, 0.25) is 0 Å². The molecule has 1 aromatic rings. The highest BCUT2D eigenvalue weighted by Gasteiger charge is 2.27. The number of benzene rings is 1. The highest BCUT2D eigenvalue weighted by Crippen LogP contribution is 2.36. The Kier molecular flexibility index (Phi) is 1.87. The third-order valence-electron chi connectivity index (χ3n) is 2.50. The van der Waals surface area contributed by atoms with Gasteiger partial charge in [-0.2, -0.15) is 0 Å². The monoisotopic (exact) mass is 181 g/mol. The van der Waals surface area contributed by atoms with E-state index in [0.717, 1.165) is 11.3 Å². The average molecular weight is 181 g/mol. The second-order valence-corrected chi connectivity index (χ2v) is 3.44. The third-order valence-corrected chi connectivity index (χ3v) is 2.50. The maximum absolute atomic E-state index is 13.1. The molecule has 70 valence electrons. The van der Waals surface area contributed by atoms with Crippen LogP contribution in [0.1, 0.15) is 18.4 Å². The van der Waals surface area contributed by atoms with Crippen molar-refractivity contribution in [2.75, 3.05) is 11.9 Å². The van der Waals surface area contributed by atoms with Crippen molar-refractivity contribution in [1.82, 2.24) is 0 Å². The summed E-state index contributed by atoms with van der Waals surface area (Å²) in [5, 5.41) is 12.4. The van der Waals surface area contributed by atoms with E-state index in [-0.39, 0.29) is 11.7 Å². The number of alkyl halides is 1. The summed E-state index contributed by atoms with van der Waals surface area (Å²) in [7, 11) is 0. The van der Waals surface area contributed by atoms with Crippen molar-refractivity contribution in [2.24, 2.45) is 0 Å². The van der Waals surface area contributed by atoms with E-state index in [1.165, 1.54) is 0 Å². The Labute approximate surface area is 76.4 Å². The summed E-state index contributed by atoms with van der Waals surface area (Å²) in [5.74, 6) is 0.0789. The molecule has 1 aliphatic heterocycles. The minimum absolute atomic E-state index is 0.123. The lowest BCUT2D eigenvalue weighted by molar-refractivity contribution is 0.317. The van der Waals surface area contributed by atoms with Gasteiger partial charge in [0, 0.05) is 18.2 Å². The van der Waals surface area contributed by atoms with Crippen LogP contribution < -0.4 is 5.32 Å². The van der Waals surface area contributed by atoms with E-state index in [1.54, 1.807) is 25.1 Å². The predicted molar refractivity (Wildman–Crippen MR) is 49.9 cm³/mol. The highest BCUT2D eigenvalue weighted by atomic mass is 19.1. The molecular weight excluding hydrogens is 169 g/mol. The Balaban J connectivity index is 2.40. The molecule has 0 spiro atoms. The number of hydrogen-bond donors (Lipinski definition) is 2. The van der Waals surface area contributed by atoms with Gasteiger partial charge in [0.15, 0.2) is 0 Å². The van der Waals surface area contributed by atoms with Gasteiger partial charge in [-0.1, -0.05) is 0 Å². The lowest BCUT2D eigenvalue weighted by Gasteiger charge is -2.10. The van der Waals surface area contributed by atoms with Crippen molar-refractivity contribution < 1.29 is 9.50 Å². The minimum atomic E-state index is -0.879. The first-order valence-electron chi connectivity index (χ1n) is 4.39. The smallest absolute Gasteiger partial charge is 0.116 e. The molecule has 2 N–H and O–H groups in total. The van der Waals surface area contributed by atoms with Crippen LogP contribution in [-0.2, 0) is 0 Å². The number of halogens is 1. The molecule has 0 saturated carbocycles. The van der Waals surface area contributed by atoms with Crippen molar-refractivity contribution in [1.29, 1.82) is 0 Å². The maximum atomic E-state index is 13.1.